The minimum absolute atomic E-state index is 0.0632. The smallest absolute Gasteiger partial charge is 0.321 e. The Labute approximate surface area is 156 Å². The fourth-order valence-corrected chi connectivity index (χ4v) is 2.82. The van der Waals surface area contributed by atoms with Crippen molar-refractivity contribution in [3.63, 3.8) is 0 Å². The van der Waals surface area contributed by atoms with Crippen molar-refractivity contribution in [1.82, 2.24) is 9.78 Å². The van der Waals surface area contributed by atoms with Crippen LogP contribution in [-0.4, -0.2) is 15.7 Å². The Balaban J connectivity index is 2.03. The first-order valence-corrected chi connectivity index (χ1v) is 8.07. The second-order valence-electron chi connectivity index (χ2n) is 5.95. The number of carbonyl (C=O) groups excluding carboxylic acids is 1. The van der Waals surface area contributed by atoms with Crippen LogP contribution in [0.2, 0.25) is 0 Å². The molecule has 0 radical (unpaired) electrons. The number of para-hydroxylation sites is 1. The van der Waals surface area contributed by atoms with Gasteiger partial charge < -0.3 is 5.32 Å². The lowest BCUT2D eigenvalue weighted by Gasteiger charge is -2.16. The van der Waals surface area contributed by atoms with E-state index in [-0.39, 0.29) is 22.4 Å². The lowest BCUT2D eigenvalue weighted by atomic mass is 9.97. The predicted molar refractivity (Wildman–Crippen MR) is 93.0 cm³/mol. The summed E-state index contributed by atoms with van der Waals surface area (Å²) in [5, 5.41) is 5.98. The molecule has 3 aromatic rings. The molecule has 9 heteroatoms. The predicted octanol–water partition coefficient (Wildman–Crippen LogP) is 5.30. The van der Waals surface area contributed by atoms with Gasteiger partial charge in [-0.2, -0.15) is 18.3 Å². The third-order valence-corrected chi connectivity index (χ3v) is 4.01. The van der Waals surface area contributed by atoms with Gasteiger partial charge in [-0.25, -0.2) is 8.78 Å². The first kappa shape index (κ1) is 19.5. The lowest BCUT2D eigenvalue weighted by molar-refractivity contribution is -0.137. The van der Waals surface area contributed by atoms with Crippen molar-refractivity contribution in [2.24, 2.45) is 7.05 Å². The van der Waals surface area contributed by atoms with Gasteiger partial charge in [0.1, 0.15) is 5.69 Å². The van der Waals surface area contributed by atoms with Gasteiger partial charge >= 0.3 is 6.18 Å². The highest BCUT2D eigenvalue weighted by Gasteiger charge is 2.34. The number of hydrogen-bond acceptors (Lipinski definition) is 2. The van der Waals surface area contributed by atoms with E-state index in [9.17, 15) is 26.7 Å². The summed E-state index contributed by atoms with van der Waals surface area (Å²) >= 11 is 0. The molecule has 3 rings (SSSR count). The molecule has 0 unspecified atom stereocenters. The van der Waals surface area contributed by atoms with Gasteiger partial charge in [-0.1, -0.05) is 36.4 Å². The number of carbonyl (C=O) groups is 1. The number of anilines is 1. The standard InChI is InChI=1S/C19H14F5N3O/c1-27-10-13(16(26-27)17(20)21)18(28)25-15-9-5-3-7-12(15)11-6-2-4-8-14(11)19(22,23)24/h2-10,17H,1H3,(H,25,28). The second-order valence-corrected chi connectivity index (χ2v) is 5.95. The minimum atomic E-state index is -4.60. The molecule has 0 atom stereocenters. The molecular formula is C19H14F5N3O. The van der Waals surface area contributed by atoms with E-state index in [2.05, 4.69) is 10.4 Å². The van der Waals surface area contributed by atoms with Crippen molar-refractivity contribution in [2.45, 2.75) is 12.6 Å². The van der Waals surface area contributed by atoms with E-state index in [1.807, 2.05) is 0 Å². The van der Waals surface area contributed by atoms with Crippen LogP contribution in [0.1, 0.15) is 28.0 Å². The van der Waals surface area contributed by atoms with Gasteiger partial charge in [0.25, 0.3) is 12.3 Å². The summed E-state index contributed by atoms with van der Waals surface area (Å²) in [6.07, 6.45) is -6.44. The summed E-state index contributed by atoms with van der Waals surface area (Å²) in [5.41, 5.74) is -1.87. The first-order valence-electron chi connectivity index (χ1n) is 8.07. The van der Waals surface area contributed by atoms with Crippen LogP contribution >= 0.6 is 0 Å². The molecule has 0 saturated heterocycles. The normalized spacial score (nSPS) is 11.7. The number of aryl methyl sites for hydroxylation is 1. The van der Waals surface area contributed by atoms with E-state index >= 15 is 0 Å². The largest absolute Gasteiger partial charge is 0.417 e. The summed E-state index contributed by atoms with van der Waals surface area (Å²) in [6.45, 7) is 0. The molecule has 2 aromatic carbocycles. The minimum Gasteiger partial charge on any atom is -0.321 e. The van der Waals surface area contributed by atoms with Crippen molar-refractivity contribution >= 4 is 11.6 Å². The maximum atomic E-state index is 13.4. The highest BCUT2D eigenvalue weighted by atomic mass is 19.4. The van der Waals surface area contributed by atoms with Crippen LogP contribution < -0.4 is 5.32 Å². The lowest BCUT2D eigenvalue weighted by Crippen LogP contribution is -2.15. The van der Waals surface area contributed by atoms with Crippen LogP contribution in [0.3, 0.4) is 0 Å². The molecule has 0 spiro atoms. The highest BCUT2D eigenvalue weighted by molar-refractivity contribution is 6.07. The van der Waals surface area contributed by atoms with Crippen molar-refractivity contribution < 1.29 is 26.7 Å². The van der Waals surface area contributed by atoms with E-state index < -0.39 is 29.8 Å². The number of nitrogens with zero attached hydrogens (tertiary/aromatic N) is 2. The summed E-state index contributed by atoms with van der Waals surface area (Å²) in [4.78, 5) is 12.5. The summed E-state index contributed by atoms with van der Waals surface area (Å²) in [7, 11) is 1.39. The van der Waals surface area contributed by atoms with E-state index in [0.29, 0.717) is 0 Å². The van der Waals surface area contributed by atoms with Crippen molar-refractivity contribution in [3.05, 3.63) is 71.5 Å². The molecule has 0 aliphatic carbocycles. The zero-order valence-electron chi connectivity index (χ0n) is 14.5. The molecule has 28 heavy (non-hydrogen) atoms. The molecule has 1 amide bonds. The number of nitrogens with one attached hydrogen (secondary N) is 1. The van der Waals surface area contributed by atoms with Gasteiger partial charge in [-0.3, -0.25) is 9.48 Å². The molecule has 146 valence electrons. The Morgan fingerprint density at radius 3 is 2.29 bits per heavy atom. The molecule has 0 aliphatic heterocycles. The van der Waals surface area contributed by atoms with Gasteiger partial charge in [0.2, 0.25) is 0 Å². The number of benzene rings is 2. The SMILES string of the molecule is Cn1cc(C(=O)Nc2ccccc2-c2ccccc2C(F)(F)F)c(C(F)F)n1. The second kappa shape index (κ2) is 7.41. The molecule has 0 fully saturated rings. The van der Waals surface area contributed by atoms with Crippen molar-refractivity contribution in [1.29, 1.82) is 0 Å². The quantitative estimate of drug-likeness (QED) is 0.610. The van der Waals surface area contributed by atoms with Crippen LogP contribution in [-0.2, 0) is 13.2 Å². The number of rotatable bonds is 4. The maximum Gasteiger partial charge on any atom is 0.417 e. The third-order valence-electron chi connectivity index (χ3n) is 4.01. The van der Waals surface area contributed by atoms with Crippen molar-refractivity contribution in [3.8, 4) is 11.1 Å². The van der Waals surface area contributed by atoms with Gasteiger partial charge in [0, 0.05) is 24.5 Å². The van der Waals surface area contributed by atoms with Gasteiger partial charge in [0.05, 0.1) is 11.1 Å². The van der Waals surface area contributed by atoms with E-state index in [0.717, 1.165) is 16.9 Å². The summed E-state index contributed by atoms with van der Waals surface area (Å²) < 4.78 is 67.3. The number of amides is 1. The Morgan fingerprint density at radius 1 is 1.04 bits per heavy atom. The summed E-state index contributed by atoms with van der Waals surface area (Å²) in [6, 6.07) is 10.8. The monoisotopic (exact) mass is 395 g/mol. The molecule has 4 nitrogen and oxygen atoms in total. The highest BCUT2D eigenvalue weighted by Crippen LogP contribution is 2.39. The average molecular weight is 395 g/mol. The van der Waals surface area contributed by atoms with E-state index in [4.69, 9.17) is 0 Å². The molecule has 1 heterocycles. The zero-order chi connectivity index (χ0) is 20.5. The van der Waals surface area contributed by atoms with Crippen LogP contribution in [0.15, 0.2) is 54.7 Å². The Morgan fingerprint density at radius 2 is 1.64 bits per heavy atom. The zero-order valence-corrected chi connectivity index (χ0v) is 14.5. The number of halogens is 5. The number of alkyl halides is 5. The Bertz CT molecular complexity index is 1010. The molecular weight excluding hydrogens is 381 g/mol. The Hall–Kier alpha value is -3.23. The third kappa shape index (κ3) is 3.88. The fraction of sp³-hybridized carbons (Fsp3) is 0.158. The van der Waals surface area contributed by atoms with Crippen LogP contribution in [0.5, 0.6) is 0 Å². The van der Waals surface area contributed by atoms with Gasteiger partial charge in [-0.15, -0.1) is 0 Å². The first-order chi connectivity index (χ1) is 13.2. The molecule has 0 bridgehead atoms. The van der Waals surface area contributed by atoms with Crippen LogP contribution in [0.25, 0.3) is 11.1 Å². The van der Waals surface area contributed by atoms with Crippen molar-refractivity contribution in [2.75, 3.05) is 5.32 Å². The molecule has 0 saturated carbocycles. The topological polar surface area (TPSA) is 46.9 Å². The molecule has 0 aliphatic rings. The number of aromatic nitrogens is 2. The average Bonchev–Trinajstić information content (AvgIpc) is 3.04. The maximum absolute atomic E-state index is 13.4. The van der Waals surface area contributed by atoms with Gasteiger partial charge in [0.15, 0.2) is 0 Å². The van der Waals surface area contributed by atoms with Crippen LogP contribution in [0.4, 0.5) is 27.6 Å². The van der Waals surface area contributed by atoms with Crippen LogP contribution in [0, 0.1) is 0 Å². The molecule has 1 N–H and O–H groups in total. The van der Waals surface area contributed by atoms with Gasteiger partial charge in [-0.05, 0) is 17.7 Å². The fourth-order valence-electron chi connectivity index (χ4n) is 2.82. The van der Waals surface area contributed by atoms with E-state index in [1.54, 1.807) is 0 Å². The van der Waals surface area contributed by atoms with E-state index in [1.165, 1.54) is 49.5 Å². The molecule has 1 aromatic heterocycles. The number of hydrogen-bond donors (Lipinski definition) is 1. The summed E-state index contributed by atoms with van der Waals surface area (Å²) in [5.74, 6) is -0.889. The Kier molecular flexibility index (Phi) is 5.17.